The van der Waals surface area contributed by atoms with Crippen molar-refractivity contribution in [1.82, 2.24) is 4.98 Å². The first-order valence-electron chi connectivity index (χ1n) is 9.55. The summed E-state index contributed by atoms with van der Waals surface area (Å²) >= 11 is 1.38. The molecule has 1 aromatic heterocycles. The van der Waals surface area contributed by atoms with Gasteiger partial charge < -0.3 is 14.0 Å². The number of hydrazone groups is 1. The van der Waals surface area contributed by atoms with E-state index in [1.165, 1.54) is 11.3 Å². The molecule has 9 heteroatoms. The lowest BCUT2D eigenvalue weighted by Gasteiger charge is -2.32. The number of anilines is 1. The number of nitrogens with one attached hydrogen (secondary N) is 1. The molecular formula is C20H26BN3O4S. The van der Waals surface area contributed by atoms with E-state index < -0.39 is 18.3 Å². The molecule has 1 aromatic carbocycles. The van der Waals surface area contributed by atoms with Crippen LogP contribution in [0.1, 0.15) is 45.9 Å². The van der Waals surface area contributed by atoms with Crippen LogP contribution >= 0.6 is 11.3 Å². The monoisotopic (exact) mass is 415 g/mol. The maximum atomic E-state index is 11.5. The molecule has 0 atom stereocenters. The van der Waals surface area contributed by atoms with Gasteiger partial charge in [0.05, 0.1) is 36.1 Å². The van der Waals surface area contributed by atoms with Crippen molar-refractivity contribution >= 4 is 41.2 Å². The predicted octanol–water partition coefficient (Wildman–Crippen LogP) is 2.99. The van der Waals surface area contributed by atoms with E-state index in [1.807, 2.05) is 57.3 Å². The number of thiazole rings is 1. The fourth-order valence-electron chi connectivity index (χ4n) is 2.77. The van der Waals surface area contributed by atoms with Gasteiger partial charge in [0.1, 0.15) is 0 Å². The molecule has 29 heavy (non-hydrogen) atoms. The van der Waals surface area contributed by atoms with Gasteiger partial charge in [-0.2, -0.15) is 5.10 Å². The molecule has 0 saturated carbocycles. The summed E-state index contributed by atoms with van der Waals surface area (Å²) in [5, 5.41) is 6.71. The maximum absolute atomic E-state index is 11.5. The van der Waals surface area contributed by atoms with Gasteiger partial charge in [0.2, 0.25) is 5.13 Å². The van der Waals surface area contributed by atoms with Gasteiger partial charge in [0.15, 0.2) is 0 Å². The third-order valence-electron chi connectivity index (χ3n) is 5.05. The van der Waals surface area contributed by atoms with Gasteiger partial charge in [0.25, 0.3) is 0 Å². The molecule has 0 aliphatic carbocycles. The molecule has 2 aromatic rings. The summed E-state index contributed by atoms with van der Waals surface area (Å²) in [6.07, 6.45) is 1.87. The molecule has 1 aliphatic heterocycles. The SMILES string of the molecule is CCOC(=O)Cc1csc(NN=Cc2ccccc2B2OC(C)(C)C(C)(C)O2)n1. The second-order valence-electron chi connectivity index (χ2n) is 7.71. The Labute approximate surface area is 175 Å². The molecule has 0 amide bonds. The predicted molar refractivity (Wildman–Crippen MR) is 116 cm³/mol. The summed E-state index contributed by atoms with van der Waals surface area (Å²) in [5.41, 5.74) is 4.56. The zero-order chi connectivity index (χ0) is 21.1. The van der Waals surface area contributed by atoms with Crippen LogP contribution in [0.4, 0.5) is 5.13 Å². The van der Waals surface area contributed by atoms with Gasteiger partial charge in [-0.05, 0) is 45.6 Å². The third-order valence-corrected chi connectivity index (χ3v) is 5.85. The number of aromatic nitrogens is 1. The van der Waals surface area contributed by atoms with Crippen LogP contribution in [0.5, 0.6) is 0 Å². The Morgan fingerprint density at radius 1 is 1.28 bits per heavy atom. The van der Waals surface area contributed by atoms with Crippen molar-refractivity contribution in [2.75, 3.05) is 12.0 Å². The van der Waals surface area contributed by atoms with Crippen molar-refractivity contribution in [3.05, 3.63) is 40.9 Å². The minimum Gasteiger partial charge on any atom is -0.466 e. The summed E-state index contributed by atoms with van der Waals surface area (Å²) in [6, 6.07) is 7.83. The van der Waals surface area contributed by atoms with E-state index in [9.17, 15) is 4.79 Å². The largest absolute Gasteiger partial charge is 0.495 e. The Bertz CT molecular complexity index is 881. The molecule has 1 aliphatic rings. The first-order valence-corrected chi connectivity index (χ1v) is 10.4. The number of hydrogen-bond acceptors (Lipinski definition) is 8. The van der Waals surface area contributed by atoms with Crippen LogP contribution in [0.15, 0.2) is 34.7 Å². The Balaban J connectivity index is 1.67. The highest BCUT2D eigenvalue weighted by atomic mass is 32.1. The fourth-order valence-corrected chi connectivity index (χ4v) is 3.43. The second kappa shape index (κ2) is 8.65. The zero-order valence-electron chi connectivity index (χ0n) is 17.4. The van der Waals surface area contributed by atoms with Gasteiger partial charge in [-0.1, -0.05) is 24.3 Å². The second-order valence-corrected chi connectivity index (χ2v) is 8.57. The minimum atomic E-state index is -0.460. The quantitative estimate of drug-likeness (QED) is 0.324. The normalized spacial score (nSPS) is 17.6. The Kier molecular flexibility index (Phi) is 6.41. The molecule has 1 saturated heterocycles. The van der Waals surface area contributed by atoms with Crippen LogP contribution in [0.3, 0.4) is 0 Å². The summed E-state index contributed by atoms with van der Waals surface area (Å²) in [4.78, 5) is 15.9. The van der Waals surface area contributed by atoms with Crippen LogP contribution in [-0.2, 0) is 25.3 Å². The van der Waals surface area contributed by atoms with E-state index in [1.54, 1.807) is 13.1 Å². The number of carbonyl (C=O) groups excluding carboxylic acids is 1. The van der Waals surface area contributed by atoms with E-state index in [4.69, 9.17) is 14.0 Å². The molecule has 1 fully saturated rings. The summed E-state index contributed by atoms with van der Waals surface area (Å²) in [7, 11) is -0.460. The Morgan fingerprint density at radius 3 is 2.66 bits per heavy atom. The number of ether oxygens (including phenoxy) is 1. The molecule has 2 heterocycles. The highest BCUT2D eigenvalue weighted by Crippen LogP contribution is 2.36. The molecule has 7 nitrogen and oxygen atoms in total. The van der Waals surface area contributed by atoms with Crippen molar-refractivity contribution < 1.29 is 18.8 Å². The lowest BCUT2D eigenvalue weighted by atomic mass is 9.76. The number of rotatable bonds is 7. The van der Waals surface area contributed by atoms with Crippen molar-refractivity contribution in [2.24, 2.45) is 5.10 Å². The number of esters is 1. The standard InChI is InChI=1S/C20H26BN3O4S/c1-6-26-17(25)11-15-13-29-18(23-15)24-22-12-14-9-7-8-10-16(14)21-27-19(2,3)20(4,5)28-21/h7-10,12-13H,6,11H2,1-5H3,(H,23,24). The number of nitrogens with zero attached hydrogens (tertiary/aromatic N) is 2. The van der Waals surface area contributed by atoms with Gasteiger partial charge >= 0.3 is 13.1 Å². The highest BCUT2D eigenvalue weighted by Gasteiger charge is 2.52. The van der Waals surface area contributed by atoms with E-state index >= 15 is 0 Å². The van der Waals surface area contributed by atoms with Crippen LogP contribution in [0, 0.1) is 0 Å². The highest BCUT2D eigenvalue weighted by molar-refractivity contribution is 7.13. The van der Waals surface area contributed by atoms with Crippen molar-refractivity contribution in [1.29, 1.82) is 0 Å². The molecule has 0 spiro atoms. The minimum absolute atomic E-state index is 0.153. The smallest absolute Gasteiger partial charge is 0.466 e. The fraction of sp³-hybridized carbons (Fsp3) is 0.450. The Hall–Kier alpha value is -2.23. The molecule has 0 bridgehead atoms. The van der Waals surface area contributed by atoms with Gasteiger partial charge in [-0.3, -0.25) is 10.2 Å². The van der Waals surface area contributed by atoms with Gasteiger partial charge in [-0.25, -0.2) is 4.98 Å². The summed E-state index contributed by atoms with van der Waals surface area (Å²) in [5.74, 6) is -0.288. The van der Waals surface area contributed by atoms with Crippen molar-refractivity contribution in [3.63, 3.8) is 0 Å². The molecule has 1 N–H and O–H groups in total. The van der Waals surface area contributed by atoms with Crippen LogP contribution in [0.2, 0.25) is 0 Å². The summed E-state index contributed by atoms with van der Waals surface area (Å²) < 4.78 is 17.3. The lowest BCUT2D eigenvalue weighted by Crippen LogP contribution is -2.41. The van der Waals surface area contributed by atoms with E-state index in [2.05, 4.69) is 15.5 Å². The van der Waals surface area contributed by atoms with Crippen molar-refractivity contribution in [2.45, 2.75) is 52.2 Å². The van der Waals surface area contributed by atoms with E-state index in [0.717, 1.165) is 11.0 Å². The zero-order valence-corrected chi connectivity index (χ0v) is 18.2. The average molecular weight is 415 g/mol. The van der Waals surface area contributed by atoms with Crippen LogP contribution in [-0.4, -0.2) is 42.1 Å². The Morgan fingerprint density at radius 2 is 1.97 bits per heavy atom. The van der Waals surface area contributed by atoms with Gasteiger partial charge in [-0.15, -0.1) is 11.3 Å². The topological polar surface area (TPSA) is 82.0 Å². The third kappa shape index (κ3) is 5.04. The first kappa shape index (κ1) is 21.5. The van der Waals surface area contributed by atoms with Crippen LogP contribution < -0.4 is 10.9 Å². The van der Waals surface area contributed by atoms with Crippen LogP contribution in [0.25, 0.3) is 0 Å². The summed E-state index contributed by atoms with van der Waals surface area (Å²) in [6.45, 7) is 10.3. The van der Waals surface area contributed by atoms with E-state index in [0.29, 0.717) is 17.4 Å². The molecule has 0 radical (unpaired) electrons. The van der Waals surface area contributed by atoms with E-state index in [-0.39, 0.29) is 12.4 Å². The molecule has 0 unspecified atom stereocenters. The molecule has 3 rings (SSSR count). The molecular weight excluding hydrogens is 389 g/mol. The lowest BCUT2D eigenvalue weighted by molar-refractivity contribution is -0.142. The number of benzene rings is 1. The number of carbonyl (C=O) groups is 1. The average Bonchev–Trinajstić information content (AvgIpc) is 3.16. The van der Waals surface area contributed by atoms with Gasteiger partial charge in [0, 0.05) is 5.38 Å². The first-order chi connectivity index (χ1) is 13.7. The molecule has 154 valence electrons. The number of hydrogen-bond donors (Lipinski definition) is 1. The maximum Gasteiger partial charge on any atom is 0.495 e. The van der Waals surface area contributed by atoms with Crippen molar-refractivity contribution in [3.8, 4) is 0 Å².